The summed E-state index contributed by atoms with van der Waals surface area (Å²) in [7, 11) is 0. The highest BCUT2D eigenvalue weighted by molar-refractivity contribution is 6.14. The maximum absolute atomic E-state index is 13.6. The first-order chi connectivity index (χ1) is 18.6. The molecule has 38 heavy (non-hydrogen) atoms. The van der Waals surface area contributed by atoms with E-state index in [1.54, 1.807) is 36.9 Å². The second kappa shape index (κ2) is 10.4. The van der Waals surface area contributed by atoms with Crippen LogP contribution in [0, 0.1) is 11.6 Å². The summed E-state index contributed by atoms with van der Waals surface area (Å²) in [5.41, 5.74) is 4.76. The Morgan fingerprint density at radius 2 is 1.76 bits per heavy atom. The summed E-state index contributed by atoms with van der Waals surface area (Å²) >= 11 is 0. The number of carbonyl (C=O) groups excluding carboxylic acids is 1. The number of hydrogen-bond acceptors (Lipinski definition) is 6. The van der Waals surface area contributed by atoms with Crippen LogP contribution in [0.5, 0.6) is 0 Å². The normalized spacial score (nSPS) is 16.0. The Bertz CT molecular complexity index is 1470. The minimum absolute atomic E-state index is 0.163. The maximum Gasteiger partial charge on any atom is 0.259 e. The molecule has 1 fully saturated rings. The number of nitrogens with one attached hydrogen (secondary N) is 1. The number of aromatic nitrogens is 4. The number of amides is 1. The number of carbonyl (C=O) groups is 1. The van der Waals surface area contributed by atoms with Gasteiger partial charge in [-0.3, -0.25) is 14.7 Å². The van der Waals surface area contributed by atoms with Crippen LogP contribution >= 0.6 is 0 Å². The van der Waals surface area contributed by atoms with Gasteiger partial charge in [0.15, 0.2) is 17.5 Å². The summed E-state index contributed by atoms with van der Waals surface area (Å²) in [6.07, 6.45) is 8.44. The van der Waals surface area contributed by atoms with E-state index in [-0.39, 0.29) is 5.91 Å². The van der Waals surface area contributed by atoms with Crippen LogP contribution in [0.3, 0.4) is 0 Å². The lowest BCUT2D eigenvalue weighted by molar-refractivity contribution is 0.102. The molecule has 3 aromatic heterocycles. The molecule has 0 unspecified atom stereocenters. The smallest absolute Gasteiger partial charge is 0.259 e. The predicted molar refractivity (Wildman–Crippen MR) is 141 cm³/mol. The minimum atomic E-state index is -0.816. The monoisotopic (exact) mass is 517 g/mol. The van der Waals surface area contributed by atoms with E-state index in [2.05, 4.69) is 29.7 Å². The lowest BCUT2D eigenvalue weighted by Gasteiger charge is -2.35. The summed E-state index contributed by atoms with van der Waals surface area (Å²) in [6, 6.07) is 7.66. The van der Waals surface area contributed by atoms with Gasteiger partial charge in [0.05, 0.1) is 5.56 Å². The molecule has 4 aromatic rings. The van der Waals surface area contributed by atoms with Crippen LogP contribution in [0.1, 0.15) is 34.5 Å². The first-order valence-corrected chi connectivity index (χ1v) is 13.1. The number of pyridine rings is 1. The molecule has 0 aliphatic carbocycles. The summed E-state index contributed by atoms with van der Waals surface area (Å²) in [5, 5.41) is 3.01. The molecule has 0 bridgehead atoms. The molecule has 0 radical (unpaired) electrons. The highest BCUT2D eigenvalue weighted by atomic mass is 19.2. The Balaban J connectivity index is 1.22. The quantitative estimate of drug-likeness (QED) is 0.416. The zero-order valence-electron chi connectivity index (χ0n) is 21.0. The van der Waals surface area contributed by atoms with Crippen LogP contribution in [0.2, 0.25) is 0 Å². The molecule has 1 N–H and O–H groups in total. The van der Waals surface area contributed by atoms with Crippen molar-refractivity contribution in [1.29, 1.82) is 0 Å². The number of halogens is 2. The molecule has 0 atom stereocenters. The van der Waals surface area contributed by atoms with E-state index in [9.17, 15) is 13.6 Å². The second-order valence-electron chi connectivity index (χ2n) is 9.84. The van der Waals surface area contributed by atoms with Crippen molar-refractivity contribution in [2.24, 2.45) is 0 Å². The highest BCUT2D eigenvalue weighted by Gasteiger charge is 2.30. The molecule has 5 heterocycles. The summed E-state index contributed by atoms with van der Waals surface area (Å²) < 4.78 is 29.0. The van der Waals surface area contributed by atoms with Gasteiger partial charge in [0.2, 0.25) is 0 Å². The van der Waals surface area contributed by atoms with E-state index in [4.69, 9.17) is 4.98 Å². The number of anilines is 2. The third-order valence-electron chi connectivity index (χ3n) is 7.51. The van der Waals surface area contributed by atoms with Crippen LogP contribution in [0.25, 0.3) is 11.0 Å². The number of fused-ring (bicyclic) bond motifs is 3. The van der Waals surface area contributed by atoms with Crippen molar-refractivity contribution < 1.29 is 13.6 Å². The van der Waals surface area contributed by atoms with Crippen molar-refractivity contribution in [3.63, 3.8) is 0 Å². The maximum atomic E-state index is 13.6. The molecule has 1 amide bonds. The Labute approximate surface area is 219 Å². The Morgan fingerprint density at radius 3 is 2.55 bits per heavy atom. The number of aryl methyl sites for hydroxylation is 1. The van der Waals surface area contributed by atoms with Gasteiger partial charge in [0.1, 0.15) is 17.4 Å². The standard InChI is InChI=1S/C28H29F2N7O/c29-21-5-4-19(17-22(21)30)8-12-35-13-15-36(16-14-35)27-26-25(32-18-33-27)24(23-3-1-2-11-37(23)26)28(38)34-20-6-9-31-10-7-20/h4-7,9-10,17-18H,1-3,8,11-16H2,(H,31,34,38). The SMILES string of the molecule is O=C(Nc1ccncc1)c1c2n(c3c(N4CCN(CCc5ccc(F)c(F)c5)CC4)ncnc13)CCCC2. The molecule has 0 spiro atoms. The van der Waals surface area contributed by atoms with Gasteiger partial charge in [-0.15, -0.1) is 0 Å². The summed E-state index contributed by atoms with van der Waals surface area (Å²) in [5.74, 6) is -0.918. The topological polar surface area (TPSA) is 79.2 Å². The molecule has 6 rings (SSSR count). The lowest BCUT2D eigenvalue weighted by Crippen LogP contribution is -2.47. The Hall–Kier alpha value is -3.92. The first kappa shape index (κ1) is 24.4. The number of piperazine rings is 1. The van der Waals surface area contributed by atoms with Crippen LogP contribution in [-0.2, 0) is 19.4 Å². The minimum Gasteiger partial charge on any atom is -0.352 e. The van der Waals surface area contributed by atoms with Crippen molar-refractivity contribution >= 4 is 28.4 Å². The highest BCUT2D eigenvalue weighted by Crippen LogP contribution is 2.35. The molecule has 1 saturated heterocycles. The van der Waals surface area contributed by atoms with Gasteiger partial charge in [-0.05, 0) is 55.5 Å². The van der Waals surface area contributed by atoms with Crippen molar-refractivity contribution in [3.05, 3.63) is 77.5 Å². The van der Waals surface area contributed by atoms with Gasteiger partial charge in [-0.2, -0.15) is 0 Å². The zero-order chi connectivity index (χ0) is 26.1. The van der Waals surface area contributed by atoms with Crippen molar-refractivity contribution in [1.82, 2.24) is 24.4 Å². The van der Waals surface area contributed by atoms with Crippen molar-refractivity contribution in [2.45, 2.75) is 32.2 Å². The molecule has 8 nitrogen and oxygen atoms in total. The van der Waals surface area contributed by atoms with Gasteiger partial charge < -0.3 is 14.8 Å². The number of hydrogen-bond donors (Lipinski definition) is 1. The van der Waals surface area contributed by atoms with Crippen molar-refractivity contribution in [3.8, 4) is 0 Å². The lowest BCUT2D eigenvalue weighted by atomic mass is 10.1. The third-order valence-corrected chi connectivity index (χ3v) is 7.51. The molecule has 2 aliphatic rings. The van der Waals surface area contributed by atoms with Gasteiger partial charge in [0.25, 0.3) is 5.91 Å². The fraction of sp³-hybridized carbons (Fsp3) is 0.357. The van der Waals surface area contributed by atoms with E-state index in [0.717, 1.165) is 81.1 Å². The number of nitrogens with zero attached hydrogens (tertiary/aromatic N) is 6. The average molecular weight is 518 g/mol. The molecule has 2 aliphatic heterocycles. The van der Waals surface area contributed by atoms with Crippen molar-refractivity contribution in [2.75, 3.05) is 42.9 Å². The fourth-order valence-corrected chi connectivity index (χ4v) is 5.54. The molecule has 1 aromatic carbocycles. The summed E-state index contributed by atoms with van der Waals surface area (Å²) in [4.78, 5) is 31.4. The van der Waals surface area contributed by atoms with Crippen LogP contribution < -0.4 is 10.2 Å². The number of rotatable bonds is 6. The van der Waals surface area contributed by atoms with E-state index >= 15 is 0 Å². The van der Waals surface area contributed by atoms with Crippen LogP contribution in [-0.4, -0.2) is 63.0 Å². The van der Waals surface area contributed by atoms with Gasteiger partial charge >= 0.3 is 0 Å². The van der Waals surface area contributed by atoms with Gasteiger partial charge in [-0.1, -0.05) is 6.07 Å². The predicted octanol–water partition coefficient (Wildman–Crippen LogP) is 4.06. The summed E-state index contributed by atoms with van der Waals surface area (Å²) in [6.45, 7) is 4.84. The Morgan fingerprint density at radius 1 is 0.947 bits per heavy atom. The molecular formula is C28H29F2N7O. The van der Waals surface area contributed by atoms with E-state index in [0.29, 0.717) is 23.2 Å². The number of benzene rings is 1. The third kappa shape index (κ3) is 4.71. The van der Waals surface area contributed by atoms with E-state index < -0.39 is 11.6 Å². The van der Waals surface area contributed by atoms with Gasteiger partial charge in [-0.25, -0.2) is 18.7 Å². The largest absolute Gasteiger partial charge is 0.352 e. The van der Waals surface area contributed by atoms with Crippen LogP contribution in [0.15, 0.2) is 49.1 Å². The average Bonchev–Trinajstić information content (AvgIpc) is 3.29. The first-order valence-electron chi connectivity index (χ1n) is 13.1. The van der Waals surface area contributed by atoms with Gasteiger partial charge in [0, 0.05) is 63.0 Å². The molecule has 10 heteroatoms. The molecule has 196 valence electrons. The molecule has 0 saturated carbocycles. The zero-order valence-corrected chi connectivity index (χ0v) is 21.0. The molecular weight excluding hydrogens is 488 g/mol. The second-order valence-corrected chi connectivity index (χ2v) is 9.84. The van der Waals surface area contributed by atoms with E-state index in [1.807, 2.05) is 0 Å². The van der Waals surface area contributed by atoms with Crippen LogP contribution in [0.4, 0.5) is 20.3 Å². The Kier molecular flexibility index (Phi) is 6.71. The fourth-order valence-electron chi connectivity index (χ4n) is 5.54. The van der Waals surface area contributed by atoms with E-state index in [1.165, 1.54) is 12.1 Å².